The molecule has 0 saturated heterocycles. The van der Waals surface area contributed by atoms with E-state index in [1.165, 1.54) is 147 Å². The van der Waals surface area contributed by atoms with Crippen LogP contribution in [0.15, 0.2) is 407 Å². The van der Waals surface area contributed by atoms with Gasteiger partial charge in [-0.1, -0.05) is 243 Å². The van der Waals surface area contributed by atoms with Crippen LogP contribution in [0.1, 0.15) is 0 Å². The lowest BCUT2D eigenvalue weighted by Crippen LogP contribution is -1.93. The Bertz CT molecular complexity index is 9750. The van der Waals surface area contributed by atoms with Crippen LogP contribution in [-0.2, 0) is 0 Å². The van der Waals surface area contributed by atoms with Gasteiger partial charge in [0.25, 0.3) is 0 Å². The lowest BCUT2D eigenvalue weighted by atomic mass is 9.97. The Labute approximate surface area is 717 Å². The van der Waals surface area contributed by atoms with Crippen molar-refractivity contribution in [3.8, 4) is 39.1 Å². The summed E-state index contributed by atoms with van der Waals surface area (Å²) in [5.74, 6) is 0. The average molecular weight is 1600 g/mol. The summed E-state index contributed by atoms with van der Waals surface area (Å²) in [4.78, 5) is 35.0. The van der Waals surface area contributed by atoms with Gasteiger partial charge in [-0.3, -0.25) is 33.1 Å². The zero-order valence-electron chi connectivity index (χ0n) is 67.6. The summed E-state index contributed by atoms with van der Waals surface area (Å²) < 4.78 is 9.41. The molecule has 0 saturated carbocycles. The molecule has 0 aliphatic heterocycles. The van der Waals surface area contributed by atoms with E-state index in [1.54, 1.807) is 0 Å². The van der Waals surface area contributed by atoms with Crippen molar-refractivity contribution < 1.29 is 0 Å². The van der Waals surface area contributed by atoms with E-state index in [1.807, 2.05) is 49.1 Å². The van der Waals surface area contributed by atoms with Gasteiger partial charge in [0.15, 0.2) is 0 Å². The summed E-state index contributed by atoms with van der Waals surface area (Å²) in [7, 11) is 0. The van der Waals surface area contributed by atoms with Gasteiger partial charge in [-0.15, -0.1) is 0 Å². The Balaban J connectivity index is 0.0000000990. The summed E-state index contributed by atoms with van der Waals surface area (Å²) >= 11 is 0. The topological polar surface area (TPSA) is 108 Å². The Kier molecular flexibility index (Phi) is 15.0. The first-order valence-electron chi connectivity index (χ1n) is 42.7. The SMILES string of the molecule is c1ccc(-n2c3ccccc3c3cc(-c4ccc5c(c4)c4ccccc4n4c5nc5c6ccccc6c6ccccc6c54)ccc32)cc1.c1ccc2cc(-c3ccc4c(c3)c3ccccc3c3nc5c6cccnc6c6ncccc6c5n43)ccc2c1.c1ccc2cc(-c3ccc4c(c3)c3ccccc3n3c4nc4c5cccnc5c5ncccc5c43)ccc2c1. The predicted molar refractivity (Wildman–Crippen MR) is 525 cm³/mol. The van der Waals surface area contributed by atoms with Crippen molar-refractivity contribution in [3.63, 3.8) is 0 Å². The lowest BCUT2D eigenvalue weighted by molar-refractivity contribution is 1.18. The minimum absolute atomic E-state index is 0.885. The maximum absolute atomic E-state index is 5.44. The van der Waals surface area contributed by atoms with E-state index < -0.39 is 0 Å². The molecule has 0 N–H and O–H groups in total. The van der Waals surface area contributed by atoms with Crippen LogP contribution in [0.5, 0.6) is 0 Å². The van der Waals surface area contributed by atoms with Crippen molar-refractivity contribution in [2.75, 3.05) is 0 Å². The first-order chi connectivity index (χ1) is 62.5. The zero-order chi connectivity index (χ0) is 82.3. The molecule has 0 aliphatic rings. The molecule has 582 valence electrons. The molecule has 0 atom stereocenters. The predicted octanol–water partition coefficient (Wildman–Crippen LogP) is 29.3. The molecule has 0 bridgehead atoms. The van der Waals surface area contributed by atoms with Gasteiger partial charge in [0.2, 0.25) is 0 Å². The van der Waals surface area contributed by atoms with Crippen LogP contribution in [0.25, 0.3) is 263 Å². The summed E-state index contributed by atoms with van der Waals surface area (Å²) in [5, 5.41) is 27.2. The smallest absolute Gasteiger partial charge is 0.146 e. The van der Waals surface area contributed by atoms with Gasteiger partial charge in [-0.2, -0.15) is 0 Å². The van der Waals surface area contributed by atoms with Crippen LogP contribution in [0, 0.1) is 0 Å². The fourth-order valence-corrected chi connectivity index (χ4v) is 20.7. The van der Waals surface area contributed by atoms with Gasteiger partial charge < -0.3 is 4.57 Å². The van der Waals surface area contributed by atoms with Gasteiger partial charge in [0, 0.05) is 106 Å². The third-order valence-electron chi connectivity index (χ3n) is 26.3. The van der Waals surface area contributed by atoms with Crippen LogP contribution >= 0.6 is 0 Å². The summed E-state index contributed by atoms with van der Waals surface area (Å²) in [6.07, 6.45) is 7.34. The Hall–Kier alpha value is -17.2. The van der Waals surface area contributed by atoms with Crippen LogP contribution in [0.2, 0.25) is 0 Å². The molecule has 11 heterocycles. The molecule has 0 radical (unpaired) electrons. The number of nitrogens with zero attached hydrogens (tertiary/aromatic N) is 11. The first kappa shape index (κ1) is 69.6. The number of imidazole rings is 3. The van der Waals surface area contributed by atoms with E-state index in [4.69, 9.17) is 34.9 Å². The number of aromatic nitrogens is 11. The van der Waals surface area contributed by atoms with Gasteiger partial charge in [-0.25, -0.2) is 15.0 Å². The molecule has 29 rings (SSSR count). The van der Waals surface area contributed by atoms with Crippen LogP contribution in [0.4, 0.5) is 0 Å². The molecule has 0 fully saturated rings. The summed E-state index contributed by atoms with van der Waals surface area (Å²) in [6.45, 7) is 0. The van der Waals surface area contributed by atoms with Crippen molar-refractivity contribution in [1.82, 2.24) is 52.7 Å². The van der Waals surface area contributed by atoms with Crippen molar-refractivity contribution in [2.24, 2.45) is 0 Å². The van der Waals surface area contributed by atoms with Crippen LogP contribution in [-0.4, -0.2) is 52.7 Å². The van der Waals surface area contributed by atoms with E-state index in [0.717, 1.165) is 115 Å². The third kappa shape index (κ3) is 10.3. The Morgan fingerprint density at radius 3 is 0.952 bits per heavy atom. The number of hydrogen-bond acceptors (Lipinski definition) is 7. The second-order valence-electron chi connectivity index (χ2n) is 33.0. The quantitative estimate of drug-likeness (QED) is 0.162. The summed E-state index contributed by atoms with van der Waals surface area (Å²) in [5.41, 5.74) is 27.0. The molecule has 126 heavy (non-hydrogen) atoms. The monoisotopic (exact) mass is 1600 g/mol. The maximum atomic E-state index is 5.44. The van der Waals surface area contributed by atoms with Gasteiger partial charge in [0.05, 0.1) is 82.8 Å². The molecular weight excluding hydrogens is 1540 g/mol. The number of pyridine rings is 7. The average Bonchev–Trinajstić information content (AvgIpc) is 1.55. The van der Waals surface area contributed by atoms with Crippen molar-refractivity contribution in [3.05, 3.63) is 407 Å². The van der Waals surface area contributed by atoms with E-state index >= 15 is 0 Å². The van der Waals surface area contributed by atoms with Crippen LogP contribution < -0.4 is 0 Å². The molecule has 18 aromatic carbocycles. The second kappa shape index (κ2) is 27.2. The highest BCUT2D eigenvalue weighted by molar-refractivity contribution is 6.29. The molecule has 0 aliphatic carbocycles. The van der Waals surface area contributed by atoms with Gasteiger partial charge >= 0.3 is 0 Å². The minimum Gasteiger partial charge on any atom is -0.309 e. The molecule has 29 aromatic rings. The standard InChI is InChI=1S/C45H27N3.2C35H20N4/c1-2-12-30(13-3-1)47-40-20-10-9-17-34(40)39-27-29(23-25-42(39)47)28-22-24-37-38(26-28)33-16-8-11-21-41(33)48-44-36-19-7-5-15-32(36)31-14-4-6-18-35(31)43(44)46-45(37)48;1-2-8-22-19-23(14-13-21(22)7-1)24-15-16-26-29(20-24)25-9-3-4-12-30(25)39-34-28-11-6-18-37-32(28)31-27(10-5-17-36-31)33(34)38-35(26)39;1-2-8-22-19-23(14-13-21(22)7-1)24-15-16-30-29(20-24)25-9-3-4-10-26(25)35-38-33-27-11-5-17-36-31(27)32-28(12-6-18-37-32)34(33)39(30)35/h1-27H;2*1-20H. The molecule has 11 heteroatoms. The number of rotatable bonds is 4. The highest BCUT2D eigenvalue weighted by atomic mass is 15.0. The fourth-order valence-electron chi connectivity index (χ4n) is 20.7. The van der Waals surface area contributed by atoms with Crippen LogP contribution in [0.3, 0.4) is 0 Å². The summed E-state index contributed by atoms with van der Waals surface area (Å²) in [6, 6.07) is 137. The zero-order valence-corrected chi connectivity index (χ0v) is 67.6. The van der Waals surface area contributed by atoms with Crippen molar-refractivity contribution >= 4 is 224 Å². The normalized spacial score (nSPS) is 12.1. The number of benzene rings is 18. The Morgan fingerprint density at radius 1 is 0.159 bits per heavy atom. The maximum Gasteiger partial charge on any atom is 0.146 e. The van der Waals surface area contributed by atoms with Gasteiger partial charge in [-0.05, 0) is 221 Å². The van der Waals surface area contributed by atoms with E-state index in [-0.39, 0.29) is 0 Å². The molecule has 11 aromatic heterocycles. The molecule has 11 nitrogen and oxygen atoms in total. The molecule has 0 spiro atoms. The third-order valence-corrected chi connectivity index (χ3v) is 26.3. The van der Waals surface area contributed by atoms with Crippen molar-refractivity contribution in [2.45, 2.75) is 0 Å². The Morgan fingerprint density at radius 2 is 0.452 bits per heavy atom. The molecule has 0 amide bonds. The number of para-hydroxylation sites is 4. The van der Waals surface area contributed by atoms with E-state index in [2.05, 4.69) is 376 Å². The highest BCUT2D eigenvalue weighted by Gasteiger charge is 2.26. The number of fused-ring (bicyclic) bond motifs is 44. The van der Waals surface area contributed by atoms with Gasteiger partial charge in [0.1, 0.15) is 16.9 Å². The minimum atomic E-state index is 0.885. The molecular formula is C115H67N11. The van der Waals surface area contributed by atoms with Crippen molar-refractivity contribution in [1.29, 1.82) is 0 Å². The number of hydrogen-bond donors (Lipinski definition) is 0. The fraction of sp³-hybridized carbons (Fsp3) is 0. The van der Waals surface area contributed by atoms with E-state index in [0.29, 0.717) is 0 Å². The van der Waals surface area contributed by atoms with E-state index in [9.17, 15) is 0 Å². The second-order valence-corrected chi connectivity index (χ2v) is 33.0. The lowest BCUT2D eigenvalue weighted by Gasteiger charge is -2.12. The molecule has 0 unspecified atom stereocenters. The highest BCUT2D eigenvalue weighted by Crippen LogP contribution is 2.46. The first-order valence-corrected chi connectivity index (χ1v) is 42.7. The largest absolute Gasteiger partial charge is 0.309 e.